The van der Waals surface area contributed by atoms with Gasteiger partial charge in [0.25, 0.3) is 10.0 Å². The van der Waals surface area contributed by atoms with E-state index in [1.165, 1.54) is 38.5 Å². The van der Waals surface area contributed by atoms with Crippen molar-refractivity contribution in [2.45, 2.75) is 4.90 Å². The van der Waals surface area contributed by atoms with Crippen LogP contribution < -0.4 is 9.04 Å². The van der Waals surface area contributed by atoms with Crippen LogP contribution in [0.25, 0.3) is 0 Å². The molecule has 138 valence electrons. The first-order chi connectivity index (χ1) is 12.3. The molecule has 0 atom stereocenters. The standard InChI is InChI=1S/C18H18ClNO5S/c1-4-11-20(14-6-8-15(24-2)9-7-14)26(22,23)17-12-13(18(21)25-3)5-10-16(17)19/h4-10,12H,1,11H2,2-3H3. The van der Waals surface area contributed by atoms with Crippen molar-refractivity contribution in [3.63, 3.8) is 0 Å². The van der Waals surface area contributed by atoms with Crippen LogP contribution in [0.1, 0.15) is 10.4 Å². The summed E-state index contributed by atoms with van der Waals surface area (Å²) in [7, 11) is -1.32. The number of halogens is 1. The molecule has 0 spiro atoms. The largest absolute Gasteiger partial charge is 0.497 e. The van der Waals surface area contributed by atoms with Gasteiger partial charge >= 0.3 is 5.97 Å². The summed E-state index contributed by atoms with van der Waals surface area (Å²) in [5.74, 6) is -0.0618. The molecule has 0 aliphatic heterocycles. The third-order valence-electron chi connectivity index (χ3n) is 3.58. The van der Waals surface area contributed by atoms with Gasteiger partial charge in [-0.3, -0.25) is 4.31 Å². The first-order valence-corrected chi connectivity index (χ1v) is 9.32. The van der Waals surface area contributed by atoms with Crippen LogP contribution in [0.5, 0.6) is 5.75 Å². The lowest BCUT2D eigenvalue weighted by Gasteiger charge is -2.24. The monoisotopic (exact) mass is 395 g/mol. The average molecular weight is 396 g/mol. The van der Waals surface area contributed by atoms with E-state index in [0.29, 0.717) is 11.4 Å². The molecule has 0 bridgehead atoms. The molecule has 0 saturated carbocycles. The van der Waals surface area contributed by atoms with E-state index in [2.05, 4.69) is 11.3 Å². The van der Waals surface area contributed by atoms with E-state index in [1.807, 2.05) is 0 Å². The Morgan fingerprint density at radius 1 is 1.19 bits per heavy atom. The smallest absolute Gasteiger partial charge is 0.337 e. The molecular weight excluding hydrogens is 378 g/mol. The third kappa shape index (κ3) is 4.00. The minimum absolute atomic E-state index is 0.000210. The Balaban J connectivity index is 2.56. The molecule has 2 rings (SSSR count). The highest BCUT2D eigenvalue weighted by Gasteiger charge is 2.27. The van der Waals surface area contributed by atoms with Crippen LogP contribution in [0.2, 0.25) is 5.02 Å². The van der Waals surface area contributed by atoms with Crippen molar-refractivity contribution >= 4 is 33.3 Å². The highest BCUT2D eigenvalue weighted by atomic mass is 35.5. The number of esters is 1. The number of nitrogens with zero attached hydrogens (tertiary/aromatic N) is 1. The predicted octanol–water partition coefficient (Wildman–Crippen LogP) is 3.52. The lowest BCUT2D eigenvalue weighted by Crippen LogP contribution is -2.31. The van der Waals surface area contributed by atoms with Crippen molar-refractivity contribution in [1.82, 2.24) is 0 Å². The summed E-state index contributed by atoms with van der Waals surface area (Å²) in [6.45, 7) is 3.63. The van der Waals surface area contributed by atoms with Crippen molar-refractivity contribution in [3.8, 4) is 5.75 Å². The van der Waals surface area contributed by atoms with Crippen LogP contribution in [0.4, 0.5) is 5.69 Å². The maximum atomic E-state index is 13.2. The molecule has 8 heteroatoms. The first-order valence-electron chi connectivity index (χ1n) is 7.50. The van der Waals surface area contributed by atoms with Crippen LogP contribution in [0, 0.1) is 0 Å². The molecule has 6 nitrogen and oxygen atoms in total. The van der Waals surface area contributed by atoms with Gasteiger partial charge in [0.15, 0.2) is 0 Å². The second kappa shape index (κ2) is 8.25. The van der Waals surface area contributed by atoms with E-state index in [0.717, 1.165) is 4.31 Å². The summed E-state index contributed by atoms with van der Waals surface area (Å²) in [5.41, 5.74) is 0.494. The Morgan fingerprint density at radius 2 is 1.85 bits per heavy atom. The Kier molecular flexibility index (Phi) is 6.28. The van der Waals surface area contributed by atoms with E-state index in [4.69, 9.17) is 16.3 Å². The summed E-state index contributed by atoms with van der Waals surface area (Å²) in [5, 5.41) is 0.000210. The zero-order chi connectivity index (χ0) is 19.3. The molecule has 0 aliphatic rings. The third-order valence-corrected chi connectivity index (χ3v) is 5.85. The lowest BCUT2D eigenvalue weighted by atomic mass is 10.2. The number of methoxy groups -OCH3 is 2. The topological polar surface area (TPSA) is 72.9 Å². The van der Waals surface area contributed by atoms with Gasteiger partial charge in [0.05, 0.1) is 37.0 Å². The van der Waals surface area contributed by atoms with Gasteiger partial charge in [0.2, 0.25) is 0 Å². The van der Waals surface area contributed by atoms with Crippen LogP contribution in [-0.4, -0.2) is 35.2 Å². The maximum absolute atomic E-state index is 13.2. The zero-order valence-corrected chi connectivity index (χ0v) is 15.9. The Labute approximate surface area is 157 Å². The van der Waals surface area contributed by atoms with Gasteiger partial charge in [0.1, 0.15) is 10.6 Å². The van der Waals surface area contributed by atoms with Gasteiger partial charge in [-0.05, 0) is 42.5 Å². The van der Waals surface area contributed by atoms with E-state index in [-0.39, 0.29) is 22.0 Å². The Morgan fingerprint density at radius 3 is 2.38 bits per heavy atom. The van der Waals surface area contributed by atoms with Crippen molar-refractivity contribution in [1.29, 1.82) is 0 Å². The summed E-state index contributed by atoms with van der Waals surface area (Å²) in [4.78, 5) is 11.5. The molecule has 26 heavy (non-hydrogen) atoms. The van der Waals surface area contributed by atoms with Crippen molar-refractivity contribution in [3.05, 3.63) is 65.7 Å². The van der Waals surface area contributed by atoms with Crippen LogP contribution in [0.3, 0.4) is 0 Å². The number of benzene rings is 2. The molecule has 0 unspecified atom stereocenters. The number of ether oxygens (including phenoxy) is 2. The maximum Gasteiger partial charge on any atom is 0.337 e. The molecule has 2 aromatic rings. The molecule has 0 heterocycles. The van der Waals surface area contributed by atoms with Crippen molar-refractivity contribution < 1.29 is 22.7 Å². The van der Waals surface area contributed by atoms with Gasteiger partial charge in [-0.25, -0.2) is 13.2 Å². The zero-order valence-electron chi connectivity index (χ0n) is 14.3. The Hall–Kier alpha value is -2.51. The predicted molar refractivity (Wildman–Crippen MR) is 101 cm³/mol. The average Bonchev–Trinajstić information content (AvgIpc) is 2.65. The molecule has 0 radical (unpaired) electrons. The number of sulfonamides is 1. The van der Waals surface area contributed by atoms with Crippen LogP contribution in [-0.2, 0) is 14.8 Å². The summed E-state index contributed by atoms with van der Waals surface area (Å²) in [6, 6.07) is 10.5. The first kappa shape index (κ1) is 19.8. The number of carbonyl (C=O) groups excluding carboxylic acids is 1. The van der Waals surface area contributed by atoms with Crippen LogP contribution in [0.15, 0.2) is 60.0 Å². The molecular formula is C18H18ClNO5S. The van der Waals surface area contributed by atoms with E-state index >= 15 is 0 Å². The molecule has 0 aliphatic carbocycles. The molecule has 0 amide bonds. The molecule has 0 fully saturated rings. The lowest BCUT2D eigenvalue weighted by molar-refractivity contribution is 0.0600. The quantitative estimate of drug-likeness (QED) is 0.529. The van der Waals surface area contributed by atoms with E-state index in [1.54, 1.807) is 24.3 Å². The molecule has 0 N–H and O–H groups in total. The summed E-state index contributed by atoms with van der Waals surface area (Å²) < 4.78 is 37.2. The van der Waals surface area contributed by atoms with Gasteiger partial charge < -0.3 is 9.47 Å². The van der Waals surface area contributed by atoms with Crippen molar-refractivity contribution in [2.75, 3.05) is 25.1 Å². The second-order valence-corrected chi connectivity index (χ2v) is 7.40. The highest BCUT2D eigenvalue weighted by Crippen LogP contribution is 2.30. The fourth-order valence-electron chi connectivity index (χ4n) is 2.27. The number of hydrogen-bond donors (Lipinski definition) is 0. The van der Waals surface area contributed by atoms with Gasteiger partial charge in [-0.2, -0.15) is 0 Å². The second-order valence-electron chi connectivity index (χ2n) is 5.16. The van der Waals surface area contributed by atoms with Gasteiger partial charge in [0, 0.05) is 0 Å². The number of hydrogen-bond acceptors (Lipinski definition) is 5. The SMILES string of the molecule is C=CCN(c1ccc(OC)cc1)S(=O)(=O)c1cc(C(=O)OC)ccc1Cl. The van der Waals surface area contributed by atoms with E-state index in [9.17, 15) is 13.2 Å². The Bertz CT molecular complexity index is 910. The van der Waals surface area contributed by atoms with Gasteiger partial charge in [-0.15, -0.1) is 6.58 Å². The summed E-state index contributed by atoms with van der Waals surface area (Å²) >= 11 is 6.10. The normalized spacial score (nSPS) is 10.9. The fraction of sp³-hybridized carbons (Fsp3) is 0.167. The van der Waals surface area contributed by atoms with E-state index < -0.39 is 16.0 Å². The molecule has 2 aromatic carbocycles. The van der Waals surface area contributed by atoms with Crippen molar-refractivity contribution in [2.24, 2.45) is 0 Å². The highest BCUT2D eigenvalue weighted by molar-refractivity contribution is 7.93. The minimum Gasteiger partial charge on any atom is -0.497 e. The summed E-state index contributed by atoms with van der Waals surface area (Å²) in [6.07, 6.45) is 1.46. The number of carbonyl (C=O) groups is 1. The number of anilines is 1. The fourth-order valence-corrected chi connectivity index (χ4v) is 4.21. The van der Waals surface area contributed by atoms with Gasteiger partial charge in [-0.1, -0.05) is 17.7 Å². The van der Waals surface area contributed by atoms with Crippen LogP contribution >= 0.6 is 11.6 Å². The molecule has 0 aromatic heterocycles. The number of rotatable bonds is 7. The molecule has 0 saturated heterocycles. The minimum atomic E-state index is -4.05.